The summed E-state index contributed by atoms with van der Waals surface area (Å²) in [6.07, 6.45) is 0.553. The van der Waals surface area contributed by atoms with Gasteiger partial charge in [0.2, 0.25) is 0 Å². The van der Waals surface area contributed by atoms with Crippen molar-refractivity contribution in [3.63, 3.8) is 0 Å². The molecule has 0 aromatic heterocycles. The SMILES string of the molecule is COc1ccc(COCC(O)CNCCCN2CCOCC2)cc1OC.O=C(O)C(=O)O. The Bertz CT molecular complexity index is 669. The average Bonchev–Trinajstić information content (AvgIpc) is 2.79. The van der Waals surface area contributed by atoms with Gasteiger partial charge in [0.15, 0.2) is 11.5 Å². The van der Waals surface area contributed by atoms with Crippen molar-refractivity contribution in [2.24, 2.45) is 0 Å². The second-order valence-electron chi connectivity index (χ2n) is 6.98. The Labute approximate surface area is 187 Å². The summed E-state index contributed by atoms with van der Waals surface area (Å²) in [6, 6.07) is 5.66. The van der Waals surface area contributed by atoms with Crippen molar-refractivity contribution in [3.05, 3.63) is 23.8 Å². The van der Waals surface area contributed by atoms with Gasteiger partial charge in [0.1, 0.15) is 0 Å². The first-order valence-corrected chi connectivity index (χ1v) is 10.3. The van der Waals surface area contributed by atoms with Crippen molar-refractivity contribution in [3.8, 4) is 11.5 Å². The summed E-state index contributed by atoms with van der Waals surface area (Å²) in [5.41, 5.74) is 0.980. The van der Waals surface area contributed by atoms with Crippen LogP contribution in [-0.4, -0.2) is 105 Å². The summed E-state index contributed by atoms with van der Waals surface area (Å²) in [5.74, 6) is -2.28. The molecule has 1 fully saturated rings. The number of aliphatic hydroxyl groups is 1. The van der Waals surface area contributed by atoms with Crippen LogP contribution in [0.4, 0.5) is 0 Å². The first-order valence-electron chi connectivity index (χ1n) is 10.3. The molecule has 1 atom stereocenters. The summed E-state index contributed by atoms with van der Waals surface area (Å²) < 4.78 is 21.4. The molecule has 0 saturated carbocycles. The summed E-state index contributed by atoms with van der Waals surface area (Å²) in [6.45, 7) is 6.94. The molecule has 1 unspecified atom stereocenters. The third-order valence-corrected chi connectivity index (χ3v) is 4.52. The minimum atomic E-state index is -1.82. The Hall–Kier alpha value is -2.44. The average molecular weight is 459 g/mol. The summed E-state index contributed by atoms with van der Waals surface area (Å²) in [5, 5.41) is 28.1. The van der Waals surface area contributed by atoms with Gasteiger partial charge in [0.05, 0.1) is 46.8 Å². The van der Waals surface area contributed by atoms with Gasteiger partial charge in [0, 0.05) is 19.6 Å². The molecule has 0 aliphatic carbocycles. The molecule has 1 aromatic carbocycles. The lowest BCUT2D eigenvalue weighted by Crippen LogP contribution is -2.38. The van der Waals surface area contributed by atoms with Gasteiger partial charge in [-0.25, -0.2) is 9.59 Å². The van der Waals surface area contributed by atoms with Gasteiger partial charge < -0.3 is 39.6 Å². The van der Waals surface area contributed by atoms with Crippen LogP contribution in [0.15, 0.2) is 18.2 Å². The second-order valence-corrected chi connectivity index (χ2v) is 6.98. The van der Waals surface area contributed by atoms with Crippen LogP contribution < -0.4 is 14.8 Å². The maximum absolute atomic E-state index is 10.00. The van der Waals surface area contributed by atoms with Crippen molar-refractivity contribution in [1.82, 2.24) is 10.2 Å². The number of carbonyl (C=O) groups is 2. The van der Waals surface area contributed by atoms with Crippen LogP contribution in [0.3, 0.4) is 0 Å². The maximum Gasteiger partial charge on any atom is 0.414 e. The molecule has 32 heavy (non-hydrogen) atoms. The summed E-state index contributed by atoms with van der Waals surface area (Å²) in [4.78, 5) is 20.6. The van der Waals surface area contributed by atoms with Crippen LogP contribution >= 0.6 is 0 Å². The topological polar surface area (TPSA) is 147 Å². The van der Waals surface area contributed by atoms with Crippen LogP contribution in [0.1, 0.15) is 12.0 Å². The smallest absolute Gasteiger partial charge is 0.414 e. The number of hydrogen-bond acceptors (Lipinski definition) is 9. The van der Waals surface area contributed by atoms with Crippen LogP contribution in [0.5, 0.6) is 11.5 Å². The molecule has 11 nitrogen and oxygen atoms in total. The zero-order valence-corrected chi connectivity index (χ0v) is 18.6. The van der Waals surface area contributed by atoms with Crippen molar-refractivity contribution in [2.75, 3.05) is 66.8 Å². The zero-order valence-electron chi connectivity index (χ0n) is 18.6. The largest absolute Gasteiger partial charge is 0.493 e. The molecular formula is C21H34N2O9. The van der Waals surface area contributed by atoms with E-state index in [0.29, 0.717) is 31.3 Å². The molecule has 1 aromatic rings. The number of morpholine rings is 1. The van der Waals surface area contributed by atoms with Gasteiger partial charge in [-0.1, -0.05) is 6.07 Å². The van der Waals surface area contributed by atoms with Crippen LogP contribution in [0.2, 0.25) is 0 Å². The maximum atomic E-state index is 10.00. The Balaban J connectivity index is 0.000000751. The van der Waals surface area contributed by atoms with Gasteiger partial charge in [-0.05, 0) is 37.2 Å². The second kappa shape index (κ2) is 16.2. The molecule has 0 spiro atoms. The van der Waals surface area contributed by atoms with Gasteiger partial charge >= 0.3 is 11.9 Å². The molecule has 1 heterocycles. The number of carboxylic acids is 2. The molecular weight excluding hydrogens is 424 g/mol. The van der Waals surface area contributed by atoms with E-state index in [-0.39, 0.29) is 0 Å². The van der Waals surface area contributed by atoms with E-state index in [1.165, 1.54) is 0 Å². The highest BCUT2D eigenvalue weighted by Crippen LogP contribution is 2.27. The highest BCUT2D eigenvalue weighted by molar-refractivity contribution is 6.27. The van der Waals surface area contributed by atoms with E-state index in [0.717, 1.165) is 51.4 Å². The third-order valence-electron chi connectivity index (χ3n) is 4.52. The lowest BCUT2D eigenvalue weighted by molar-refractivity contribution is -0.159. The Morgan fingerprint density at radius 2 is 1.78 bits per heavy atom. The quantitative estimate of drug-likeness (QED) is 0.249. The number of nitrogens with zero attached hydrogens (tertiary/aromatic N) is 1. The summed E-state index contributed by atoms with van der Waals surface area (Å²) in [7, 11) is 3.22. The molecule has 1 aliphatic heterocycles. The molecule has 11 heteroatoms. The third kappa shape index (κ3) is 11.8. The number of carboxylic acid groups (broad SMARTS) is 2. The van der Waals surface area contributed by atoms with Crippen molar-refractivity contribution in [2.45, 2.75) is 19.1 Å². The van der Waals surface area contributed by atoms with Gasteiger partial charge in [-0.2, -0.15) is 0 Å². The van der Waals surface area contributed by atoms with Crippen molar-refractivity contribution in [1.29, 1.82) is 0 Å². The number of rotatable bonds is 12. The number of aliphatic carboxylic acids is 2. The van der Waals surface area contributed by atoms with Crippen LogP contribution in [0.25, 0.3) is 0 Å². The van der Waals surface area contributed by atoms with E-state index >= 15 is 0 Å². The normalized spacial score (nSPS) is 14.7. The van der Waals surface area contributed by atoms with E-state index in [1.54, 1.807) is 14.2 Å². The number of aliphatic hydroxyl groups excluding tert-OH is 1. The summed E-state index contributed by atoms with van der Waals surface area (Å²) >= 11 is 0. The molecule has 1 saturated heterocycles. The molecule has 0 bridgehead atoms. The predicted molar refractivity (Wildman–Crippen MR) is 115 cm³/mol. The highest BCUT2D eigenvalue weighted by atomic mass is 16.5. The molecule has 2 rings (SSSR count). The number of ether oxygens (including phenoxy) is 4. The predicted octanol–water partition coefficient (Wildman–Crippen LogP) is 0.0488. The minimum absolute atomic E-state index is 0.296. The first-order chi connectivity index (χ1) is 15.4. The molecule has 182 valence electrons. The van der Waals surface area contributed by atoms with Crippen LogP contribution in [0, 0.1) is 0 Å². The monoisotopic (exact) mass is 458 g/mol. The Morgan fingerprint density at radius 1 is 1.12 bits per heavy atom. The first kappa shape index (κ1) is 27.6. The van der Waals surface area contributed by atoms with E-state index < -0.39 is 18.0 Å². The fourth-order valence-electron chi connectivity index (χ4n) is 2.86. The Kier molecular flexibility index (Phi) is 14.0. The van der Waals surface area contributed by atoms with Gasteiger partial charge in [-0.3, -0.25) is 4.90 Å². The molecule has 1 aliphatic rings. The number of hydrogen-bond donors (Lipinski definition) is 4. The van der Waals surface area contributed by atoms with Gasteiger partial charge in [-0.15, -0.1) is 0 Å². The van der Waals surface area contributed by atoms with Crippen LogP contribution in [-0.2, 0) is 25.7 Å². The van der Waals surface area contributed by atoms with E-state index in [9.17, 15) is 5.11 Å². The lowest BCUT2D eigenvalue weighted by atomic mass is 10.2. The number of benzene rings is 1. The molecule has 0 radical (unpaired) electrons. The fourth-order valence-corrected chi connectivity index (χ4v) is 2.86. The molecule has 4 N–H and O–H groups in total. The van der Waals surface area contributed by atoms with Crippen molar-refractivity contribution >= 4 is 11.9 Å². The number of methoxy groups -OCH3 is 2. The Morgan fingerprint density at radius 3 is 2.38 bits per heavy atom. The standard InChI is InChI=1S/C19H32N2O5.C2H2O4/c1-23-18-5-4-16(12-19(18)24-2)14-26-15-17(22)13-20-6-3-7-21-8-10-25-11-9-21;3-1(4)2(5)6/h4-5,12,17,20,22H,3,6-11,13-15H2,1-2H3;(H,3,4)(H,5,6). The van der Waals surface area contributed by atoms with Gasteiger partial charge in [0.25, 0.3) is 0 Å². The van der Waals surface area contributed by atoms with Crippen molar-refractivity contribution < 1.29 is 43.9 Å². The van der Waals surface area contributed by atoms with E-state index in [1.807, 2.05) is 18.2 Å². The van der Waals surface area contributed by atoms with E-state index in [2.05, 4.69) is 10.2 Å². The minimum Gasteiger partial charge on any atom is -0.493 e. The highest BCUT2D eigenvalue weighted by Gasteiger charge is 2.10. The van der Waals surface area contributed by atoms with E-state index in [4.69, 9.17) is 38.7 Å². The zero-order chi connectivity index (χ0) is 23.8. The lowest BCUT2D eigenvalue weighted by Gasteiger charge is -2.26. The fraction of sp³-hybridized carbons (Fsp3) is 0.619. The number of nitrogens with one attached hydrogen (secondary N) is 1. The molecule has 0 amide bonds.